The number of hydrogen-bond acceptors (Lipinski definition) is 5. The van der Waals surface area contributed by atoms with Crippen molar-refractivity contribution in [2.24, 2.45) is 0 Å². The minimum atomic E-state index is -0.195. The molecule has 29 heavy (non-hydrogen) atoms. The van der Waals surface area contributed by atoms with Crippen molar-refractivity contribution in [2.45, 2.75) is 34.1 Å². The van der Waals surface area contributed by atoms with Gasteiger partial charge in [-0.1, -0.05) is 6.07 Å². The predicted octanol–water partition coefficient (Wildman–Crippen LogP) is 3.65. The Balaban J connectivity index is 1.86. The van der Waals surface area contributed by atoms with Gasteiger partial charge in [0.1, 0.15) is 12.0 Å². The van der Waals surface area contributed by atoms with Crippen molar-refractivity contribution >= 4 is 12.2 Å². The normalized spacial score (nSPS) is 10.3. The Labute approximate surface area is 172 Å². The summed E-state index contributed by atoms with van der Waals surface area (Å²) in [6.07, 6.45) is 1.47. The highest BCUT2D eigenvalue weighted by Crippen LogP contribution is 2.28. The van der Waals surface area contributed by atoms with Gasteiger partial charge in [0, 0.05) is 12.1 Å². The molecule has 156 valence electrons. The molecule has 0 heterocycles. The zero-order valence-electron chi connectivity index (χ0n) is 17.5. The molecule has 6 nitrogen and oxygen atoms in total. The lowest BCUT2D eigenvalue weighted by molar-refractivity contribution is -0.123. The van der Waals surface area contributed by atoms with Crippen molar-refractivity contribution in [3.8, 4) is 17.2 Å². The Hall–Kier alpha value is -3.02. The number of carbonyl (C=O) groups excluding carboxylic acids is 2. The van der Waals surface area contributed by atoms with Gasteiger partial charge < -0.3 is 19.5 Å². The predicted molar refractivity (Wildman–Crippen MR) is 112 cm³/mol. The molecule has 0 unspecified atom stereocenters. The maximum Gasteiger partial charge on any atom is 0.257 e. The number of benzene rings is 2. The zero-order chi connectivity index (χ0) is 21.2. The third-order valence-electron chi connectivity index (χ3n) is 4.31. The van der Waals surface area contributed by atoms with Gasteiger partial charge in [0.05, 0.1) is 13.2 Å². The molecule has 0 spiro atoms. The zero-order valence-corrected chi connectivity index (χ0v) is 17.5. The fraction of sp³-hybridized carbons (Fsp3) is 0.391. The molecule has 0 aliphatic carbocycles. The van der Waals surface area contributed by atoms with Crippen molar-refractivity contribution in [2.75, 3.05) is 26.4 Å². The number of ether oxygens (including phenoxy) is 3. The minimum Gasteiger partial charge on any atom is -0.490 e. The number of aryl methyl sites for hydroxylation is 2. The van der Waals surface area contributed by atoms with Crippen LogP contribution in [0.2, 0.25) is 0 Å². The molecule has 6 heteroatoms. The second-order valence-electron chi connectivity index (χ2n) is 6.64. The van der Waals surface area contributed by atoms with E-state index in [-0.39, 0.29) is 12.5 Å². The van der Waals surface area contributed by atoms with Crippen LogP contribution in [0.4, 0.5) is 0 Å². The van der Waals surface area contributed by atoms with E-state index in [0.29, 0.717) is 43.2 Å². The average Bonchev–Trinajstić information content (AvgIpc) is 2.69. The third-order valence-corrected chi connectivity index (χ3v) is 4.31. The quantitative estimate of drug-likeness (QED) is 0.584. The fourth-order valence-electron chi connectivity index (χ4n) is 3.07. The van der Waals surface area contributed by atoms with Crippen LogP contribution >= 0.6 is 0 Å². The van der Waals surface area contributed by atoms with Gasteiger partial charge in [-0.25, -0.2) is 0 Å². The van der Waals surface area contributed by atoms with Crippen LogP contribution in [0.15, 0.2) is 30.3 Å². The van der Waals surface area contributed by atoms with Gasteiger partial charge in [0.25, 0.3) is 5.91 Å². The Morgan fingerprint density at radius 1 is 0.966 bits per heavy atom. The lowest BCUT2D eigenvalue weighted by Gasteiger charge is -2.14. The number of carbonyl (C=O) groups is 2. The van der Waals surface area contributed by atoms with E-state index in [0.717, 1.165) is 28.7 Å². The van der Waals surface area contributed by atoms with E-state index >= 15 is 0 Å². The second kappa shape index (κ2) is 11.1. The molecule has 0 aromatic heterocycles. The number of aldehydes is 1. The first-order valence-corrected chi connectivity index (χ1v) is 9.82. The molecule has 0 bridgehead atoms. The molecule has 0 saturated heterocycles. The Kier molecular flexibility index (Phi) is 8.52. The summed E-state index contributed by atoms with van der Waals surface area (Å²) < 4.78 is 16.9. The smallest absolute Gasteiger partial charge is 0.257 e. The summed E-state index contributed by atoms with van der Waals surface area (Å²) >= 11 is 0. The van der Waals surface area contributed by atoms with Gasteiger partial charge in [-0.05, 0) is 75.1 Å². The van der Waals surface area contributed by atoms with E-state index in [4.69, 9.17) is 14.2 Å². The monoisotopic (exact) mass is 399 g/mol. The molecule has 0 fully saturated rings. The highest BCUT2D eigenvalue weighted by molar-refractivity contribution is 5.78. The summed E-state index contributed by atoms with van der Waals surface area (Å²) in [6.45, 7) is 9.12. The molecule has 2 aromatic rings. The van der Waals surface area contributed by atoms with E-state index in [1.807, 2.05) is 45.9 Å². The Morgan fingerprint density at radius 3 is 2.24 bits per heavy atom. The second-order valence-corrected chi connectivity index (χ2v) is 6.64. The molecule has 0 radical (unpaired) electrons. The summed E-state index contributed by atoms with van der Waals surface area (Å²) in [5.74, 6) is 1.88. The van der Waals surface area contributed by atoms with Crippen LogP contribution in [0.3, 0.4) is 0 Å². The maximum atomic E-state index is 12.1. The first kappa shape index (κ1) is 22.3. The molecule has 2 aromatic carbocycles. The molecule has 1 amide bonds. The summed E-state index contributed by atoms with van der Waals surface area (Å²) in [7, 11) is 0. The van der Waals surface area contributed by atoms with E-state index in [9.17, 15) is 9.59 Å². The van der Waals surface area contributed by atoms with Crippen LogP contribution in [-0.4, -0.2) is 38.6 Å². The standard InChI is InChI=1S/C23H29NO5/c1-5-27-20-8-7-18(13-21(20)28-6-2)9-10-24-22(26)15-29-23-16(3)11-19(14-25)12-17(23)4/h7-8,11-14H,5-6,9-10,15H2,1-4H3,(H,24,26). The average molecular weight is 399 g/mol. The van der Waals surface area contributed by atoms with Crippen LogP contribution in [0.25, 0.3) is 0 Å². The van der Waals surface area contributed by atoms with E-state index in [2.05, 4.69) is 5.32 Å². The van der Waals surface area contributed by atoms with Crippen LogP contribution in [0, 0.1) is 13.8 Å². The van der Waals surface area contributed by atoms with E-state index in [1.54, 1.807) is 12.1 Å². The van der Waals surface area contributed by atoms with Crippen LogP contribution in [0.1, 0.15) is 40.9 Å². The number of amides is 1. The van der Waals surface area contributed by atoms with Crippen LogP contribution < -0.4 is 19.5 Å². The molecular weight excluding hydrogens is 370 g/mol. The van der Waals surface area contributed by atoms with Gasteiger partial charge >= 0.3 is 0 Å². The number of rotatable bonds is 11. The van der Waals surface area contributed by atoms with Crippen molar-refractivity contribution in [3.63, 3.8) is 0 Å². The summed E-state index contributed by atoms with van der Waals surface area (Å²) in [5, 5.41) is 2.86. The SMILES string of the molecule is CCOc1ccc(CCNC(=O)COc2c(C)cc(C=O)cc2C)cc1OCC. The van der Waals surface area contributed by atoms with Gasteiger partial charge in [-0.3, -0.25) is 9.59 Å². The van der Waals surface area contributed by atoms with Crippen LogP contribution in [0.5, 0.6) is 17.2 Å². The van der Waals surface area contributed by atoms with Crippen molar-refractivity contribution in [3.05, 3.63) is 52.6 Å². The first-order chi connectivity index (χ1) is 14.0. The van der Waals surface area contributed by atoms with Gasteiger partial charge in [-0.15, -0.1) is 0 Å². The number of hydrogen-bond donors (Lipinski definition) is 1. The minimum absolute atomic E-state index is 0.0738. The summed E-state index contributed by atoms with van der Waals surface area (Å²) in [5.41, 5.74) is 3.31. The van der Waals surface area contributed by atoms with Gasteiger partial charge in [-0.2, -0.15) is 0 Å². The van der Waals surface area contributed by atoms with Crippen molar-refractivity contribution in [1.29, 1.82) is 0 Å². The lowest BCUT2D eigenvalue weighted by Crippen LogP contribution is -2.30. The molecule has 0 atom stereocenters. The Bertz CT molecular complexity index is 824. The molecule has 0 aliphatic heterocycles. The molecular formula is C23H29NO5. The third kappa shape index (κ3) is 6.52. The highest BCUT2D eigenvalue weighted by atomic mass is 16.5. The lowest BCUT2D eigenvalue weighted by atomic mass is 10.1. The molecule has 0 saturated carbocycles. The summed E-state index contributed by atoms with van der Waals surface area (Å²) in [4.78, 5) is 23.0. The van der Waals surface area contributed by atoms with E-state index < -0.39 is 0 Å². The van der Waals surface area contributed by atoms with Gasteiger partial charge in [0.2, 0.25) is 0 Å². The molecule has 2 rings (SSSR count). The van der Waals surface area contributed by atoms with E-state index in [1.165, 1.54) is 0 Å². The fourth-order valence-corrected chi connectivity index (χ4v) is 3.07. The van der Waals surface area contributed by atoms with Crippen LogP contribution in [-0.2, 0) is 11.2 Å². The Morgan fingerprint density at radius 2 is 1.62 bits per heavy atom. The van der Waals surface area contributed by atoms with Gasteiger partial charge in [0.15, 0.2) is 18.1 Å². The topological polar surface area (TPSA) is 73.9 Å². The largest absolute Gasteiger partial charge is 0.490 e. The molecule has 1 N–H and O–H groups in total. The first-order valence-electron chi connectivity index (χ1n) is 9.82. The maximum absolute atomic E-state index is 12.1. The van der Waals surface area contributed by atoms with Crippen molar-refractivity contribution < 1.29 is 23.8 Å². The summed E-state index contributed by atoms with van der Waals surface area (Å²) in [6, 6.07) is 9.30. The highest BCUT2D eigenvalue weighted by Gasteiger charge is 2.10. The molecule has 0 aliphatic rings. The van der Waals surface area contributed by atoms with Crippen molar-refractivity contribution in [1.82, 2.24) is 5.32 Å². The number of nitrogens with one attached hydrogen (secondary N) is 1.